The molecule has 0 aliphatic carbocycles. The lowest BCUT2D eigenvalue weighted by Gasteiger charge is -2.55. The first-order valence-corrected chi connectivity index (χ1v) is 22.7. The van der Waals surface area contributed by atoms with Gasteiger partial charge in [0.2, 0.25) is 0 Å². The molecule has 1 aliphatic heterocycles. The quantitative estimate of drug-likeness (QED) is 0.129. The second-order valence-electron chi connectivity index (χ2n) is 15.2. The standard InChI is InChI=1S/C44H44O3P2Si/c1-43(2,3)50(44(4,5)6)39-31-19-29-37(48(45,33-21-11-7-12-22-33)34-23-13-8-14-24-34)41(39)47-42-38(30-20-32-40(42)50)49(46,35-25-15-9-16-26-35)36-27-17-10-18-28-36/h7-32H,1-6H3. The molecule has 0 spiro atoms. The van der Waals surface area contributed by atoms with E-state index in [-0.39, 0.29) is 10.1 Å². The normalized spacial score (nSPS) is 14.3. The van der Waals surface area contributed by atoms with E-state index in [2.05, 4.69) is 65.8 Å². The minimum Gasteiger partial charge on any atom is -0.456 e. The minimum atomic E-state index is -3.45. The molecule has 0 saturated carbocycles. The molecule has 0 bridgehead atoms. The third kappa shape index (κ3) is 5.07. The summed E-state index contributed by atoms with van der Waals surface area (Å²) in [7, 11) is -9.83. The molecule has 0 amide bonds. The lowest BCUT2D eigenvalue weighted by Crippen LogP contribution is -2.72. The molecule has 0 radical (unpaired) electrons. The van der Waals surface area contributed by atoms with Crippen molar-refractivity contribution in [2.24, 2.45) is 0 Å². The van der Waals surface area contributed by atoms with Crippen molar-refractivity contribution in [3.63, 3.8) is 0 Å². The third-order valence-electron chi connectivity index (χ3n) is 10.4. The Balaban J connectivity index is 1.64. The van der Waals surface area contributed by atoms with E-state index in [4.69, 9.17) is 4.74 Å². The van der Waals surface area contributed by atoms with Gasteiger partial charge in [0, 0.05) is 21.2 Å². The number of ether oxygens (including phenoxy) is 1. The maximum absolute atomic E-state index is 16.1. The summed E-state index contributed by atoms with van der Waals surface area (Å²) in [5.74, 6) is 1.29. The van der Waals surface area contributed by atoms with E-state index in [0.717, 1.165) is 31.6 Å². The molecule has 0 N–H and O–H groups in total. The van der Waals surface area contributed by atoms with Gasteiger partial charge >= 0.3 is 0 Å². The third-order valence-corrected chi connectivity index (χ3v) is 23.5. The highest BCUT2D eigenvalue weighted by Gasteiger charge is 2.61. The van der Waals surface area contributed by atoms with Gasteiger partial charge in [-0.1, -0.05) is 187 Å². The summed E-state index contributed by atoms with van der Waals surface area (Å²) in [6.07, 6.45) is 0. The molecule has 1 heterocycles. The lowest BCUT2D eigenvalue weighted by molar-refractivity contribution is 0.487. The van der Waals surface area contributed by atoms with E-state index < -0.39 is 22.4 Å². The van der Waals surface area contributed by atoms with E-state index in [0.29, 0.717) is 22.1 Å². The molecule has 1 aliphatic rings. The van der Waals surface area contributed by atoms with E-state index in [1.165, 1.54) is 0 Å². The Morgan fingerprint density at radius 1 is 0.400 bits per heavy atom. The van der Waals surface area contributed by atoms with Crippen LogP contribution >= 0.6 is 14.3 Å². The van der Waals surface area contributed by atoms with E-state index in [1.54, 1.807) is 0 Å². The molecule has 0 unspecified atom stereocenters. The van der Waals surface area contributed by atoms with Gasteiger partial charge in [-0.25, -0.2) is 0 Å². The van der Waals surface area contributed by atoms with Crippen LogP contribution in [0, 0.1) is 0 Å². The molecule has 0 saturated heterocycles. The zero-order valence-corrected chi connectivity index (χ0v) is 32.4. The van der Waals surface area contributed by atoms with Crippen LogP contribution in [-0.4, -0.2) is 8.07 Å². The fourth-order valence-corrected chi connectivity index (χ4v) is 22.0. The summed E-state index contributed by atoms with van der Waals surface area (Å²) in [4.78, 5) is 0. The molecule has 3 nitrogen and oxygen atoms in total. The number of hydrogen-bond acceptors (Lipinski definition) is 3. The number of rotatable bonds is 6. The van der Waals surface area contributed by atoms with E-state index in [9.17, 15) is 0 Å². The van der Waals surface area contributed by atoms with Crippen LogP contribution in [0.2, 0.25) is 10.1 Å². The Kier molecular flexibility index (Phi) is 8.59. The number of benzene rings is 6. The van der Waals surface area contributed by atoms with Gasteiger partial charge in [0.1, 0.15) is 19.6 Å². The molecule has 7 rings (SSSR count). The Hall–Kier alpha value is -4.20. The highest BCUT2D eigenvalue weighted by atomic mass is 31.2. The van der Waals surface area contributed by atoms with Gasteiger partial charge in [0.05, 0.1) is 10.6 Å². The maximum Gasteiger partial charge on any atom is 0.174 e. The fourth-order valence-electron chi connectivity index (χ4n) is 8.75. The van der Waals surface area contributed by atoms with Crippen LogP contribution < -0.4 is 46.9 Å². The van der Waals surface area contributed by atoms with Crippen LogP contribution in [0.5, 0.6) is 11.5 Å². The zero-order chi connectivity index (χ0) is 35.4. The Morgan fingerprint density at radius 2 is 0.680 bits per heavy atom. The van der Waals surface area contributed by atoms with Gasteiger partial charge in [0.25, 0.3) is 0 Å². The summed E-state index contributed by atoms with van der Waals surface area (Å²) >= 11 is 0. The van der Waals surface area contributed by atoms with Crippen LogP contribution in [0.4, 0.5) is 0 Å². The van der Waals surface area contributed by atoms with Gasteiger partial charge < -0.3 is 13.9 Å². The Bertz CT molecular complexity index is 2010. The molecular weight excluding hydrogens is 667 g/mol. The van der Waals surface area contributed by atoms with Gasteiger partial charge in [0.15, 0.2) is 14.3 Å². The summed E-state index contributed by atoms with van der Waals surface area (Å²) in [5.41, 5.74) is 0. The van der Waals surface area contributed by atoms with Crippen molar-refractivity contribution in [1.29, 1.82) is 0 Å². The van der Waals surface area contributed by atoms with Crippen molar-refractivity contribution in [2.45, 2.75) is 51.6 Å². The van der Waals surface area contributed by atoms with Crippen LogP contribution in [0.1, 0.15) is 41.5 Å². The number of fused-ring (bicyclic) bond motifs is 2. The van der Waals surface area contributed by atoms with Crippen LogP contribution in [0.25, 0.3) is 0 Å². The Labute approximate surface area is 298 Å². The van der Waals surface area contributed by atoms with Crippen molar-refractivity contribution < 1.29 is 13.9 Å². The van der Waals surface area contributed by atoms with Crippen molar-refractivity contribution in [3.8, 4) is 11.5 Å². The molecule has 0 atom stereocenters. The molecule has 6 heteroatoms. The Morgan fingerprint density at radius 3 is 0.940 bits per heavy atom. The fraction of sp³-hybridized carbons (Fsp3) is 0.182. The first-order chi connectivity index (χ1) is 23.9. The minimum absolute atomic E-state index is 0.220. The number of hydrogen-bond donors (Lipinski definition) is 0. The maximum atomic E-state index is 16.1. The first-order valence-electron chi connectivity index (χ1n) is 17.2. The molecule has 6 aromatic rings. The molecular formula is C44H44O3P2Si. The number of para-hydroxylation sites is 2. The van der Waals surface area contributed by atoms with E-state index in [1.807, 2.05) is 133 Å². The average Bonchev–Trinajstić information content (AvgIpc) is 3.13. The predicted octanol–water partition coefficient (Wildman–Crippen LogP) is 8.23. The second kappa shape index (κ2) is 12.5. The van der Waals surface area contributed by atoms with Gasteiger partial charge in [-0.15, -0.1) is 0 Å². The van der Waals surface area contributed by atoms with Crippen molar-refractivity contribution in [3.05, 3.63) is 158 Å². The highest BCUT2D eigenvalue weighted by molar-refractivity contribution is 7.86. The van der Waals surface area contributed by atoms with Gasteiger partial charge in [-0.05, 0) is 32.6 Å². The van der Waals surface area contributed by atoms with Gasteiger partial charge in [-0.2, -0.15) is 0 Å². The molecule has 0 aromatic heterocycles. The first kappa shape index (κ1) is 34.3. The van der Waals surface area contributed by atoms with Crippen molar-refractivity contribution >= 4 is 64.6 Å². The molecule has 252 valence electrons. The zero-order valence-electron chi connectivity index (χ0n) is 29.6. The molecule has 50 heavy (non-hydrogen) atoms. The topological polar surface area (TPSA) is 43.4 Å². The van der Waals surface area contributed by atoms with E-state index >= 15 is 9.13 Å². The average molecular weight is 711 g/mol. The molecule has 6 aromatic carbocycles. The summed E-state index contributed by atoms with van der Waals surface area (Å²) in [5, 5.41) is 6.16. The van der Waals surface area contributed by atoms with Crippen LogP contribution in [-0.2, 0) is 9.13 Å². The summed E-state index contributed by atoms with van der Waals surface area (Å²) < 4.78 is 39.6. The predicted molar refractivity (Wildman–Crippen MR) is 216 cm³/mol. The van der Waals surface area contributed by atoms with Gasteiger partial charge in [-0.3, -0.25) is 0 Å². The monoisotopic (exact) mass is 710 g/mol. The summed E-state index contributed by atoms with van der Waals surface area (Å²) in [6.45, 7) is 14.0. The van der Waals surface area contributed by atoms with Crippen LogP contribution in [0.15, 0.2) is 158 Å². The molecule has 0 fully saturated rings. The van der Waals surface area contributed by atoms with Crippen molar-refractivity contribution in [2.75, 3.05) is 0 Å². The van der Waals surface area contributed by atoms with Crippen molar-refractivity contribution in [1.82, 2.24) is 0 Å². The van der Waals surface area contributed by atoms with Crippen LogP contribution in [0.3, 0.4) is 0 Å². The lowest BCUT2D eigenvalue weighted by atomic mass is 10.2. The highest BCUT2D eigenvalue weighted by Crippen LogP contribution is 2.57. The SMILES string of the molecule is CC(C)(C)[Si]1(C(C)(C)C)c2cccc(P(=O)(c3ccccc3)c3ccccc3)c2Oc2c1cccc2P(=O)(c1ccccc1)c1ccccc1. The smallest absolute Gasteiger partial charge is 0.174 e. The summed E-state index contributed by atoms with van der Waals surface area (Å²) in [6, 6.07) is 51.7. The largest absolute Gasteiger partial charge is 0.456 e. The second-order valence-corrected chi connectivity index (χ2v) is 26.3.